The average Bonchev–Trinajstić information content (AvgIpc) is 3.17. The smallest absolute Gasteiger partial charge is 0.319 e. The molecular weight excluding hydrogens is 318 g/mol. The number of rotatable bonds is 6. The molecule has 134 valence electrons. The fraction of sp³-hybridized carbons (Fsp3) is 0.421. The summed E-state index contributed by atoms with van der Waals surface area (Å²) in [5.41, 5.74) is 1.70. The first kappa shape index (κ1) is 17.5. The van der Waals surface area contributed by atoms with E-state index in [9.17, 15) is 9.90 Å². The van der Waals surface area contributed by atoms with Crippen LogP contribution in [0.4, 0.5) is 10.5 Å². The molecular formula is C19H25N3O3. The molecule has 1 aromatic heterocycles. The van der Waals surface area contributed by atoms with Gasteiger partial charge in [-0.2, -0.15) is 0 Å². The second-order valence-electron chi connectivity index (χ2n) is 6.30. The van der Waals surface area contributed by atoms with Crippen molar-refractivity contribution >= 4 is 11.7 Å². The minimum Gasteiger partial charge on any atom is -0.464 e. The molecule has 6 nitrogen and oxygen atoms in total. The lowest BCUT2D eigenvalue weighted by atomic mass is 10.0. The lowest BCUT2D eigenvalue weighted by Gasteiger charge is -2.34. The summed E-state index contributed by atoms with van der Waals surface area (Å²) in [5, 5.41) is 15.1. The third-order valence-electron chi connectivity index (χ3n) is 4.59. The van der Waals surface area contributed by atoms with Gasteiger partial charge in [0.05, 0.1) is 12.9 Å². The summed E-state index contributed by atoms with van der Waals surface area (Å²) in [4.78, 5) is 14.3. The summed E-state index contributed by atoms with van der Waals surface area (Å²) in [7, 11) is 0. The van der Waals surface area contributed by atoms with Crippen molar-refractivity contribution in [2.45, 2.75) is 25.3 Å². The number of piperidine rings is 1. The molecule has 25 heavy (non-hydrogen) atoms. The topological polar surface area (TPSA) is 77.7 Å². The standard InChI is InChI=1S/C19H25N3O3/c23-14-17-4-1-2-11-22(17)12-10-20-19(24)21-16-8-6-15(7-9-16)18-5-3-13-25-18/h3,5-9,13,17,23H,1-2,4,10-12,14H2,(H2,20,21,24)/t17-/m1/s1. The minimum atomic E-state index is -0.219. The van der Waals surface area contributed by atoms with Crippen molar-refractivity contribution in [3.05, 3.63) is 42.7 Å². The minimum absolute atomic E-state index is 0.189. The second kappa shape index (κ2) is 8.69. The number of amides is 2. The van der Waals surface area contributed by atoms with E-state index in [2.05, 4.69) is 15.5 Å². The normalized spacial score (nSPS) is 18.0. The van der Waals surface area contributed by atoms with Gasteiger partial charge in [0, 0.05) is 30.4 Å². The molecule has 0 aliphatic carbocycles. The van der Waals surface area contributed by atoms with Gasteiger partial charge in [-0.3, -0.25) is 4.90 Å². The monoisotopic (exact) mass is 343 g/mol. The Morgan fingerprint density at radius 2 is 2.08 bits per heavy atom. The van der Waals surface area contributed by atoms with Gasteiger partial charge < -0.3 is 20.2 Å². The Hall–Kier alpha value is -2.31. The largest absolute Gasteiger partial charge is 0.464 e. The molecule has 1 fully saturated rings. The predicted molar refractivity (Wildman–Crippen MR) is 97.5 cm³/mol. The van der Waals surface area contributed by atoms with E-state index in [4.69, 9.17) is 4.42 Å². The lowest BCUT2D eigenvalue weighted by Crippen LogP contribution is -2.46. The molecule has 2 heterocycles. The Bertz CT molecular complexity index is 655. The maximum absolute atomic E-state index is 12.0. The number of anilines is 1. The van der Waals surface area contributed by atoms with E-state index >= 15 is 0 Å². The number of hydrogen-bond donors (Lipinski definition) is 3. The van der Waals surface area contributed by atoms with Gasteiger partial charge >= 0.3 is 6.03 Å². The molecule has 3 N–H and O–H groups in total. The maximum Gasteiger partial charge on any atom is 0.319 e. The van der Waals surface area contributed by atoms with E-state index in [-0.39, 0.29) is 18.7 Å². The Morgan fingerprint density at radius 1 is 1.24 bits per heavy atom. The van der Waals surface area contributed by atoms with Crippen molar-refractivity contribution in [1.82, 2.24) is 10.2 Å². The number of nitrogens with one attached hydrogen (secondary N) is 2. The number of nitrogens with zero attached hydrogens (tertiary/aromatic N) is 1. The zero-order valence-electron chi connectivity index (χ0n) is 14.3. The molecule has 0 saturated carbocycles. The average molecular weight is 343 g/mol. The first-order chi connectivity index (χ1) is 12.3. The quantitative estimate of drug-likeness (QED) is 0.754. The van der Waals surface area contributed by atoms with Gasteiger partial charge in [0.15, 0.2) is 0 Å². The van der Waals surface area contributed by atoms with E-state index < -0.39 is 0 Å². The SMILES string of the molecule is O=C(NCCN1CCCC[C@@H]1CO)Nc1ccc(-c2ccco2)cc1. The molecule has 1 aromatic carbocycles. The summed E-state index contributed by atoms with van der Waals surface area (Å²) in [5.74, 6) is 0.802. The van der Waals surface area contributed by atoms with Gasteiger partial charge in [-0.25, -0.2) is 4.79 Å². The summed E-state index contributed by atoms with van der Waals surface area (Å²) in [6.07, 6.45) is 5.00. The molecule has 0 unspecified atom stereocenters. The van der Waals surface area contributed by atoms with Crippen LogP contribution in [-0.4, -0.2) is 48.3 Å². The predicted octanol–water partition coefficient (Wildman–Crippen LogP) is 2.91. The Labute approximate surface area is 147 Å². The first-order valence-corrected chi connectivity index (χ1v) is 8.80. The summed E-state index contributed by atoms with van der Waals surface area (Å²) < 4.78 is 5.35. The molecule has 1 aliphatic heterocycles. The molecule has 6 heteroatoms. The molecule has 3 rings (SSSR count). The van der Waals surface area contributed by atoms with Crippen LogP contribution in [0.3, 0.4) is 0 Å². The van der Waals surface area contributed by atoms with E-state index in [1.54, 1.807) is 6.26 Å². The van der Waals surface area contributed by atoms with E-state index in [0.717, 1.165) is 42.9 Å². The Balaban J connectivity index is 1.43. The van der Waals surface area contributed by atoms with Crippen LogP contribution in [0.5, 0.6) is 0 Å². The number of aliphatic hydroxyl groups is 1. The van der Waals surface area contributed by atoms with Gasteiger partial charge in [0.1, 0.15) is 5.76 Å². The highest BCUT2D eigenvalue weighted by molar-refractivity contribution is 5.89. The zero-order valence-corrected chi connectivity index (χ0v) is 14.3. The number of likely N-dealkylation sites (tertiary alicyclic amines) is 1. The third-order valence-corrected chi connectivity index (χ3v) is 4.59. The molecule has 2 amide bonds. The summed E-state index contributed by atoms with van der Waals surface area (Å²) in [6, 6.07) is 11.3. The number of benzene rings is 1. The highest BCUT2D eigenvalue weighted by Gasteiger charge is 2.20. The summed E-state index contributed by atoms with van der Waals surface area (Å²) in [6.45, 7) is 2.50. The van der Waals surface area contributed by atoms with Gasteiger partial charge in [-0.15, -0.1) is 0 Å². The lowest BCUT2D eigenvalue weighted by molar-refractivity contribution is 0.0917. The highest BCUT2D eigenvalue weighted by atomic mass is 16.3. The summed E-state index contributed by atoms with van der Waals surface area (Å²) >= 11 is 0. The molecule has 0 spiro atoms. The molecule has 0 radical (unpaired) electrons. The van der Waals surface area contributed by atoms with Gasteiger partial charge in [-0.05, 0) is 55.8 Å². The van der Waals surface area contributed by atoms with E-state index in [0.29, 0.717) is 6.54 Å². The number of carbonyl (C=O) groups excluding carboxylic acids is 1. The maximum atomic E-state index is 12.0. The van der Waals surface area contributed by atoms with Crippen LogP contribution >= 0.6 is 0 Å². The highest BCUT2D eigenvalue weighted by Crippen LogP contribution is 2.21. The Kier molecular flexibility index (Phi) is 6.09. The number of aliphatic hydroxyl groups excluding tert-OH is 1. The van der Waals surface area contributed by atoms with Crippen LogP contribution in [0.15, 0.2) is 47.1 Å². The third kappa shape index (κ3) is 4.84. The number of carbonyl (C=O) groups is 1. The van der Waals surface area contributed by atoms with Crippen molar-refractivity contribution in [3.63, 3.8) is 0 Å². The van der Waals surface area contributed by atoms with Crippen molar-refractivity contribution in [1.29, 1.82) is 0 Å². The number of urea groups is 1. The second-order valence-corrected chi connectivity index (χ2v) is 6.30. The number of hydrogen-bond acceptors (Lipinski definition) is 4. The van der Waals surface area contributed by atoms with Crippen LogP contribution in [0, 0.1) is 0 Å². The molecule has 1 aliphatic rings. The van der Waals surface area contributed by atoms with Crippen LogP contribution in [0.2, 0.25) is 0 Å². The van der Waals surface area contributed by atoms with Crippen molar-refractivity contribution in [2.75, 3.05) is 31.6 Å². The molecule has 0 bridgehead atoms. The van der Waals surface area contributed by atoms with Gasteiger partial charge in [0.2, 0.25) is 0 Å². The molecule has 1 saturated heterocycles. The molecule has 2 aromatic rings. The van der Waals surface area contributed by atoms with Crippen molar-refractivity contribution < 1.29 is 14.3 Å². The van der Waals surface area contributed by atoms with Crippen molar-refractivity contribution in [2.24, 2.45) is 0 Å². The first-order valence-electron chi connectivity index (χ1n) is 8.80. The number of furan rings is 1. The van der Waals surface area contributed by atoms with E-state index in [1.807, 2.05) is 36.4 Å². The fourth-order valence-corrected chi connectivity index (χ4v) is 3.21. The molecule has 1 atom stereocenters. The van der Waals surface area contributed by atoms with Crippen LogP contribution in [0.1, 0.15) is 19.3 Å². The zero-order chi connectivity index (χ0) is 17.5. The van der Waals surface area contributed by atoms with Crippen LogP contribution < -0.4 is 10.6 Å². The van der Waals surface area contributed by atoms with Crippen LogP contribution in [-0.2, 0) is 0 Å². The fourth-order valence-electron chi connectivity index (χ4n) is 3.21. The van der Waals surface area contributed by atoms with Gasteiger partial charge in [0.25, 0.3) is 0 Å². The Morgan fingerprint density at radius 3 is 2.80 bits per heavy atom. The van der Waals surface area contributed by atoms with Gasteiger partial charge in [-0.1, -0.05) is 6.42 Å². The van der Waals surface area contributed by atoms with E-state index in [1.165, 1.54) is 6.42 Å². The van der Waals surface area contributed by atoms with Crippen LogP contribution in [0.25, 0.3) is 11.3 Å². The van der Waals surface area contributed by atoms with Crippen molar-refractivity contribution in [3.8, 4) is 11.3 Å².